The van der Waals surface area contributed by atoms with Crippen LogP contribution in [0.2, 0.25) is 0 Å². The van der Waals surface area contributed by atoms with Crippen molar-refractivity contribution in [2.24, 2.45) is 5.92 Å². The van der Waals surface area contributed by atoms with Crippen LogP contribution < -0.4 is 4.74 Å². The highest BCUT2D eigenvalue weighted by atomic mass is 16.5. The second-order valence-corrected chi connectivity index (χ2v) is 10.5. The molecule has 1 aromatic heterocycles. The SMILES string of the molecule is CCOC(=O)C1CCCN(C(=O)c2coc(CN(Cc3cccc(Oc4ccccc4)c3)C(C)c3ccccc3)n2)C1. The Kier molecular flexibility index (Phi) is 9.66. The molecule has 0 spiro atoms. The molecule has 4 aromatic rings. The predicted molar refractivity (Wildman–Crippen MR) is 159 cm³/mol. The number of carbonyl (C=O) groups excluding carboxylic acids is 2. The van der Waals surface area contributed by atoms with Crippen molar-refractivity contribution in [3.05, 3.63) is 114 Å². The van der Waals surface area contributed by atoms with E-state index in [0.29, 0.717) is 38.7 Å². The number of amides is 1. The molecule has 0 bridgehead atoms. The summed E-state index contributed by atoms with van der Waals surface area (Å²) in [5.41, 5.74) is 2.49. The van der Waals surface area contributed by atoms with Crippen molar-refractivity contribution in [1.82, 2.24) is 14.8 Å². The van der Waals surface area contributed by atoms with E-state index in [1.54, 1.807) is 11.8 Å². The molecule has 2 unspecified atom stereocenters. The number of carbonyl (C=O) groups is 2. The van der Waals surface area contributed by atoms with Crippen molar-refractivity contribution in [3.63, 3.8) is 0 Å². The summed E-state index contributed by atoms with van der Waals surface area (Å²) in [6.07, 6.45) is 2.89. The lowest BCUT2D eigenvalue weighted by molar-refractivity contribution is -0.149. The number of aromatic nitrogens is 1. The summed E-state index contributed by atoms with van der Waals surface area (Å²) in [6, 6.07) is 28.1. The van der Waals surface area contributed by atoms with Gasteiger partial charge in [-0.15, -0.1) is 0 Å². The Morgan fingerprint density at radius 1 is 1.00 bits per heavy atom. The van der Waals surface area contributed by atoms with Crippen LogP contribution in [0, 0.1) is 5.92 Å². The third kappa shape index (κ3) is 7.44. The molecule has 8 heteroatoms. The lowest BCUT2D eigenvalue weighted by Gasteiger charge is -2.31. The number of esters is 1. The molecule has 0 saturated carbocycles. The summed E-state index contributed by atoms with van der Waals surface area (Å²) < 4.78 is 17.1. The van der Waals surface area contributed by atoms with Crippen molar-refractivity contribution in [2.45, 2.75) is 45.8 Å². The van der Waals surface area contributed by atoms with Crippen LogP contribution in [-0.2, 0) is 22.6 Å². The van der Waals surface area contributed by atoms with Gasteiger partial charge in [0.2, 0.25) is 5.89 Å². The number of benzene rings is 3. The summed E-state index contributed by atoms with van der Waals surface area (Å²) in [4.78, 5) is 34.1. The fourth-order valence-corrected chi connectivity index (χ4v) is 5.27. The summed E-state index contributed by atoms with van der Waals surface area (Å²) in [5.74, 6) is 1.21. The van der Waals surface area contributed by atoms with Gasteiger partial charge in [-0.3, -0.25) is 14.5 Å². The second-order valence-electron chi connectivity index (χ2n) is 10.5. The molecule has 0 aliphatic carbocycles. The van der Waals surface area contributed by atoms with Gasteiger partial charge >= 0.3 is 5.97 Å². The van der Waals surface area contributed by atoms with Gasteiger partial charge < -0.3 is 18.8 Å². The topological polar surface area (TPSA) is 85.1 Å². The molecular weight excluding hydrogens is 530 g/mol. The Bertz CT molecular complexity index is 1460. The first-order valence-corrected chi connectivity index (χ1v) is 14.5. The first kappa shape index (κ1) is 29.1. The maximum atomic E-state index is 13.3. The summed E-state index contributed by atoms with van der Waals surface area (Å²) in [6.45, 7) is 6.20. The van der Waals surface area contributed by atoms with Gasteiger partial charge in [-0.2, -0.15) is 0 Å². The molecule has 2 heterocycles. The van der Waals surface area contributed by atoms with E-state index in [4.69, 9.17) is 13.9 Å². The second kappa shape index (κ2) is 14.0. The zero-order valence-corrected chi connectivity index (χ0v) is 24.1. The van der Waals surface area contributed by atoms with Gasteiger partial charge in [0.05, 0.1) is 19.1 Å². The molecule has 1 saturated heterocycles. The van der Waals surface area contributed by atoms with Crippen LogP contribution in [0.15, 0.2) is 95.6 Å². The average molecular weight is 568 g/mol. The molecule has 42 heavy (non-hydrogen) atoms. The average Bonchev–Trinajstić information content (AvgIpc) is 3.50. The first-order chi connectivity index (χ1) is 20.5. The molecule has 2 atom stereocenters. The smallest absolute Gasteiger partial charge is 0.310 e. The van der Waals surface area contributed by atoms with Gasteiger partial charge in [0, 0.05) is 25.7 Å². The molecule has 0 radical (unpaired) electrons. The van der Waals surface area contributed by atoms with Crippen LogP contribution in [-0.4, -0.2) is 46.4 Å². The van der Waals surface area contributed by atoms with Crippen LogP contribution in [0.5, 0.6) is 11.5 Å². The van der Waals surface area contributed by atoms with E-state index in [9.17, 15) is 9.59 Å². The monoisotopic (exact) mass is 567 g/mol. The molecule has 3 aromatic carbocycles. The molecule has 1 amide bonds. The normalized spacial score (nSPS) is 15.8. The Morgan fingerprint density at radius 2 is 1.74 bits per heavy atom. The maximum Gasteiger partial charge on any atom is 0.310 e. The lowest BCUT2D eigenvalue weighted by Crippen LogP contribution is -2.43. The van der Waals surface area contributed by atoms with Gasteiger partial charge in [0.15, 0.2) is 5.69 Å². The number of ether oxygens (including phenoxy) is 2. The molecular formula is C34H37N3O5. The van der Waals surface area contributed by atoms with E-state index in [2.05, 4.69) is 35.0 Å². The van der Waals surface area contributed by atoms with Crippen molar-refractivity contribution in [3.8, 4) is 11.5 Å². The third-order valence-corrected chi connectivity index (χ3v) is 7.53. The minimum atomic E-state index is -0.308. The Hall–Kier alpha value is -4.43. The maximum absolute atomic E-state index is 13.3. The quantitative estimate of drug-likeness (QED) is 0.188. The van der Waals surface area contributed by atoms with Crippen molar-refractivity contribution in [1.29, 1.82) is 0 Å². The highest BCUT2D eigenvalue weighted by Crippen LogP contribution is 2.28. The number of hydrogen-bond acceptors (Lipinski definition) is 7. The number of piperidine rings is 1. The Balaban J connectivity index is 1.31. The van der Waals surface area contributed by atoms with Crippen LogP contribution >= 0.6 is 0 Å². The van der Waals surface area contributed by atoms with E-state index in [1.807, 2.05) is 66.7 Å². The molecule has 0 N–H and O–H groups in total. The van der Waals surface area contributed by atoms with Crippen molar-refractivity contribution < 1.29 is 23.5 Å². The van der Waals surface area contributed by atoms with Gasteiger partial charge in [-0.1, -0.05) is 60.7 Å². The highest BCUT2D eigenvalue weighted by Gasteiger charge is 2.31. The van der Waals surface area contributed by atoms with Crippen LogP contribution in [0.1, 0.15) is 60.2 Å². The zero-order valence-electron chi connectivity index (χ0n) is 24.1. The summed E-state index contributed by atoms with van der Waals surface area (Å²) in [5, 5.41) is 0. The Labute approximate surface area is 246 Å². The van der Waals surface area contributed by atoms with Gasteiger partial charge in [0.1, 0.15) is 17.8 Å². The fraction of sp³-hybridized carbons (Fsp3) is 0.324. The molecule has 1 fully saturated rings. The van der Waals surface area contributed by atoms with E-state index in [1.165, 1.54) is 6.26 Å². The van der Waals surface area contributed by atoms with Crippen LogP contribution in [0.4, 0.5) is 0 Å². The predicted octanol–water partition coefficient (Wildman–Crippen LogP) is 6.65. The molecule has 218 valence electrons. The van der Waals surface area contributed by atoms with Crippen LogP contribution in [0.3, 0.4) is 0 Å². The minimum absolute atomic E-state index is 0.0448. The summed E-state index contributed by atoms with van der Waals surface area (Å²) in [7, 11) is 0. The zero-order chi connectivity index (χ0) is 29.3. The van der Waals surface area contributed by atoms with E-state index < -0.39 is 0 Å². The number of rotatable bonds is 11. The van der Waals surface area contributed by atoms with Crippen molar-refractivity contribution >= 4 is 11.9 Å². The lowest BCUT2D eigenvalue weighted by atomic mass is 9.98. The molecule has 8 nitrogen and oxygen atoms in total. The Morgan fingerprint density at radius 3 is 2.50 bits per heavy atom. The van der Waals surface area contributed by atoms with Crippen molar-refractivity contribution in [2.75, 3.05) is 19.7 Å². The molecule has 5 rings (SSSR count). The number of oxazole rings is 1. The first-order valence-electron chi connectivity index (χ1n) is 14.5. The highest BCUT2D eigenvalue weighted by molar-refractivity contribution is 5.92. The van der Waals surface area contributed by atoms with E-state index in [-0.39, 0.29) is 29.5 Å². The van der Waals surface area contributed by atoms with Gasteiger partial charge in [-0.05, 0) is 62.1 Å². The van der Waals surface area contributed by atoms with Gasteiger partial charge in [0.25, 0.3) is 5.91 Å². The van der Waals surface area contributed by atoms with Gasteiger partial charge in [-0.25, -0.2) is 4.98 Å². The number of hydrogen-bond donors (Lipinski definition) is 0. The fourth-order valence-electron chi connectivity index (χ4n) is 5.27. The van der Waals surface area contributed by atoms with E-state index in [0.717, 1.165) is 35.5 Å². The number of likely N-dealkylation sites (tertiary alicyclic amines) is 1. The standard InChI is InChI=1S/C34H37N3O5/c1-3-40-34(39)28-15-11-19-36(22-28)33(38)31-24-41-32(35-31)23-37(25(2)27-13-6-4-7-14-27)21-26-12-10-18-30(20-26)42-29-16-8-5-9-17-29/h4-10,12-14,16-18,20,24-25,28H,3,11,15,19,21-23H2,1-2H3. The minimum Gasteiger partial charge on any atom is -0.466 e. The third-order valence-electron chi connectivity index (χ3n) is 7.53. The molecule has 1 aliphatic rings. The largest absolute Gasteiger partial charge is 0.466 e. The summed E-state index contributed by atoms with van der Waals surface area (Å²) >= 11 is 0. The number of para-hydroxylation sites is 1. The molecule has 1 aliphatic heterocycles. The number of nitrogens with zero attached hydrogens (tertiary/aromatic N) is 3. The van der Waals surface area contributed by atoms with E-state index >= 15 is 0 Å². The van der Waals surface area contributed by atoms with Crippen LogP contribution in [0.25, 0.3) is 0 Å².